The first-order valence-corrected chi connectivity index (χ1v) is 12.5. The average molecular weight is 509 g/mol. The lowest BCUT2D eigenvalue weighted by molar-refractivity contribution is -0.119. The maximum absolute atomic E-state index is 11.6. The highest BCUT2D eigenvalue weighted by atomic mass is 16.5. The molecule has 0 saturated carbocycles. The number of ether oxygens (including phenoxy) is 5. The van der Waals surface area contributed by atoms with Crippen molar-refractivity contribution in [1.29, 1.82) is 0 Å². The number of rotatable bonds is 10. The number of morpholine rings is 1. The van der Waals surface area contributed by atoms with Gasteiger partial charge in [0.25, 0.3) is 0 Å². The Morgan fingerprint density at radius 1 is 1.11 bits per heavy atom. The van der Waals surface area contributed by atoms with Gasteiger partial charge < -0.3 is 29.0 Å². The Bertz CT molecular complexity index is 1220. The van der Waals surface area contributed by atoms with Gasteiger partial charge in [-0.05, 0) is 30.3 Å². The van der Waals surface area contributed by atoms with Crippen LogP contribution >= 0.6 is 0 Å². The van der Waals surface area contributed by atoms with Crippen LogP contribution in [0.25, 0.3) is 22.2 Å². The van der Waals surface area contributed by atoms with Gasteiger partial charge in [0.2, 0.25) is 17.5 Å². The smallest absolute Gasteiger partial charge is 0.223 e. The number of hydrogen-bond acceptors (Lipinski definition) is 9. The molecule has 1 aromatic carbocycles. The van der Waals surface area contributed by atoms with Crippen LogP contribution in [0, 0.1) is 5.92 Å². The molecular weight excluding hydrogens is 476 g/mol. The molecule has 2 saturated heterocycles. The van der Waals surface area contributed by atoms with E-state index in [0.717, 1.165) is 49.3 Å². The molecule has 2 aliphatic rings. The van der Waals surface area contributed by atoms with Crippen LogP contribution < -0.4 is 24.3 Å². The summed E-state index contributed by atoms with van der Waals surface area (Å²) in [6.07, 6.45) is 2.19. The molecule has 10 nitrogen and oxygen atoms in total. The van der Waals surface area contributed by atoms with Crippen molar-refractivity contribution >= 4 is 16.8 Å². The second kappa shape index (κ2) is 11.6. The van der Waals surface area contributed by atoms with Crippen LogP contribution in [0.5, 0.6) is 23.1 Å². The third-order valence-corrected chi connectivity index (χ3v) is 6.60. The molecule has 1 unspecified atom stereocenters. The first kappa shape index (κ1) is 25.0. The van der Waals surface area contributed by atoms with Crippen molar-refractivity contribution in [3.05, 3.63) is 36.5 Å². The predicted molar refractivity (Wildman–Crippen MR) is 137 cm³/mol. The lowest BCUT2D eigenvalue weighted by Crippen LogP contribution is -2.38. The van der Waals surface area contributed by atoms with Crippen LogP contribution in [0.2, 0.25) is 0 Å². The highest BCUT2D eigenvalue weighted by molar-refractivity contribution is 5.87. The van der Waals surface area contributed by atoms with Crippen LogP contribution in [-0.2, 0) is 9.53 Å². The van der Waals surface area contributed by atoms with E-state index in [4.69, 9.17) is 28.7 Å². The van der Waals surface area contributed by atoms with E-state index in [1.54, 1.807) is 20.4 Å². The topological polar surface area (TPSA) is 104 Å². The maximum atomic E-state index is 11.6. The molecule has 1 atom stereocenters. The normalized spacial score (nSPS) is 18.0. The highest BCUT2D eigenvalue weighted by Gasteiger charge is 2.23. The van der Waals surface area contributed by atoms with Gasteiger partial charge in [0, 0.05) is 50.3 Å². The molecule has 3 aromatic rings. The fourth-order valence-electron chi connectivity index (χ4n) is 4.55. The van der Waals surface area contributed by atoms with Crippen molar-refractivity contribution in [3.8, 4) is 34.4 Å². The molecular formula is C27H32N4O6. The fraction of sp³-hybridized carbons (Fsp3) is 0.444. The molecule has 2 fully saturated rings. The number of nitrogens with one attached hydrogen (secondary N) is 1. The lowest BCUT2D eigenvalue weighted by Gasteiger charge is -2.26. The molecule has 2 aliphatic heterocycles. The Kier molecular flexibility index (Phi) is 7.86. The summed E-state index contributed by atoms with van der Waals surface area (Å²) in [5, 5.41) is 3.66. The number of carbonyl (C=O) groups excluding carboxylic acids is 1. The third kappa shape index (κ3) is 5.86. The zero-order valence-electron chi connectivity index (χ0n) is 21.2. The Hall–Kier alpha value is -3.63. The average Bonchev–Trinajstić information content (AvgIpc) is 3.36. The molecule has 0 bridgehead atoms. The second-order valence-corrected chi connectivity index (χ2v) is 9.08. The number of nitrogens with zero attached hydrogens (tertiary/aromatic N) is 3. The summed E-state index contributed by atoms with van der Waals surface area (Å²) in [5.41, 5.74) is 2.20. The van der Waals surface area contributed by atoms with Gasteiger partial charge in [-0.15, -0.1) is 0 Å². The van der Waals surface area contributed by atoms with Crippen molar-refractivity contribution in [2.45, 2.75) is 6.42 Å². The van der Waals surface area contributed by atoms with Crippen molar-refractivity contribution in [2.75, 3.05) is 66.8 Å². The zero-order chi connectivity index (χ0) is 25.6. The van der Waals surface area contributed by atoms with Crippen molar-refractivity contribution in [1.82, 2.24) is 20.2 Å². The molecule has 4 heterocycles. The minimum atomic E-state index is 0.0493. The number of methoxy groups -OCH3 is 2. The van der Waals surface area contributed by atoms with E-state index in [0.29, 0.717) is 55.0 Å². The van der Waals surface area contributed by atoms with E-state index in [1.807, 2.05) is 30.3 Å². The van der Waals surface area contributed by atoms with Gasteiger partial charge in [-0.1, -0.05) is 0 Å². The summed E-state index contributed by atoms with van der Waals surface area (Å²) in [5.74, 6) is 2.29. The number of fused-ring (bicyclic) bond motifs is 1. The van der Waals surface area contributed by atoms with Gasteiger partial charge in [0.15, 0.2) is 11.5 Å². The number of hydrogen-bond donors (Lipinski definition) is 1. The standard InChI is InChI=1S/C27H32N4O6/c1-33-23-13-19(14-24(34-2)26(23)36-11-8-31-6-9-35-10-7-31)21-15-22-20(4-3-5-28-22)27(30-21)37-17-18-12-25(32)29-16-18/h3-5,13-15,18H,6-12,16-17H2,1-2H3,(H,29,32). The highest BCUT2D eigenvalue weighted by Crippen LogP contribution is 2.42. The van der Waals surface area contributed by atoms with Gasteiger partial charge in [-0.25, -0.2) is 4.98 Å². The van der Waals surface area contributed by atoms with Gasteiger partial charge in [-0.3, -0.25) is 14.7 Å². The Morgan fingerprint density at radius 3 is 2.59 bits per heavy atom. The van der Waals surface area contributed by atoms with Crippen molar-refractivity contribution in [3.63, 3.8) is 0 Å². The van der Waals surface area contributed by atoms with E-state index in [9.17, 15) is 4.79 Å². The third-order valence-electron chi connectivity index (χ3n) is 6.60. The van der Waals surface area contributed by atoms with Crippen LogP contribution in [0.4, 0.5) is 0 Å². The molecule has 0 aliphatic carbocycles. The van der Waals surface area contributed by atoms with Crippen molar-refractivity contribution in [2.24, 2.45) is 5.92 Å². The number of benzene rings is 1. The Morgan fingerprint density at radius 2 is 1.89 bits per heavy atom. The molecule has 0 radical (unpaired) electrons. The van der Waals surface area contributed by atoms with E-state index < -0.39 is 0 Å². The van der Waals surface area contributed by atoms with Crippen LogP contribution in [0.1, 0.15) is 6.42 Å². The van der Waals surface area contributed by atoms with Gasteiger partial charge >= 0.3 is 0 Å². The summed E-state index contributed by atoms with van der Waals surface area (Å²) in [4.78, 5) is 23.2. The second-order valence-electron chi connectivity index (χ2n) is 9.08. The fourth-order valence-corrected chi connectivity index (χ4v) is 4.55. The maximum Gasteiger partial charge on any atom is 0.223 e. The summed E-state index contributed by atoms with van der Waals surface area (Å²) >= 11 is 0. The minimum absolute atomic E-state index is 0.0493. The largest absolute Gasteiger partial charge is 0.493 e. The first-order valence-electron chi connectivity index (χ1n) is 12.5. The summed E-state index contributed by atoms with van der Waals surface area (Å²) < 4.78 is 29.0. The van der Waals surface area contributed by atoms with E-state index >= 15 is 0 Å². The number of carbonyl (C=O) groups is 1. The van der Waals surface area contributed by atoms with Crippen LogP contribution in [0.15, 0.2) is 36.5 Å². The monoisotopic (exact) mass is 508 g/mol. The number of amides is 1. The molecule has 37 heavy (non-hydrogen) atoms. The summed E-state index contributed by atoms with van der Waals surface area (Å²) in [7, 11) is 3.21. The minimum Gasteiger partial charge on any atom is -0.493 e. The predicted octanol–water partition coefficient (Wildman–Crippen LogP) is 2.54. The first-order chi connectivity index (χ1) is 18.1. The zero-order valence-corrected chi connectivity index (χ0v) is 21.2. The Labute approximate surface area is 215 Å². The van der Waals surface area contributed by atoms with Gasteiger partial charge in [-0.2, -0.15) is 0 Å². The molecule has 2 aromatic heterocycles. The van der Waals surface area contributed by atoms with E-state index in [2.05, 4.69) is 15.2 Å². The quantitative estimate of drug-likeness (QED) is 0.442. The SMILES string of the molecule is COc1cc(-c2cc3ncccc3c(OCC3CNC(=O)C3)n2)cc(OC)c1OCCN1CCOCC1. The molecule has 0 spiro atoms. The molecule has 1 N–H and O–H groups in total. The van der Waals surface area contributed by atoms with E-state index in [-0.39, 0.29) is 11.8 Å². The summed E-state index contributed by atoms with van der Waals surface area (Å²) in [6, 6.07) is 9.46. The van der Waals surface area contributed by atoms with E-state index in [1.165, 1.54) is 0 Å². The van der Waals surface area contributed by atoms with Crippen LogP contribution in [-0.4, -0.2) is 87.6 Å². The van der Waals surface area contributed by atoms with Gasteiger partial charge in [0.05, 0.1) is 50.6 Å². The summed E-state index contributed by atoms with van der Waals surface area (Å²) in [6.45, 7) is 5.58. The molecule has 10 heteroatoms. The Balaban J connectivity index is 1.41. The lowest BCUT2D eigenvalue weighted by atomic mass is 10.1. The van der Waals surface area contributed by atoms with Crippen molar-refractivity contribution < 1.29 is 28.5 Å². The van der Waals surface area contributed by atoms with Gasteiger partial charge in [0.1, 0.15) is 6.61 Å². The molecule has 5 rings (SSSR count). The molecule has 1 amide bonds. The number of aromatic nitrogens is 2. The number of pyridine rings is 2. The van der Waals surface area contributed by atoms with Crippen LogP contribution in [0.3, 0.4) is 0 Å². The molecule has 196 valence electrons.